The van der Waals surface area contributed by atoms with Crippen molar-refractivity contribution in [1.29, 1.82) is 0 Å². The molecule has 0 saturated carbocycles. The van der Waals surface area contributed by atoms with Crippen LogP contribution in [0.25, 0.3) is 0 Å². The van der Waals surface area contributed by atoms with Gasteiger partial charge in [-0.1, -0.05) is 32.6 Å². The van der Waals surface area contributed by atoms with Crippen LogP contribution in [0, 0.1) is 0 Å². The Balaban J connectivity index is 1.78. The Kier molecular flexibility index (Phi) is 3.20. The Morgan fingerprint density at radius 2 is 1.90 bits per heavy atom. The zero-order chi connectivity index (χ0) is 7.40. The van der Waals surface area contributed by atoms with Gasteiger partial charge in [-0.2, -0.15) is 0 Å². The summed E-state index contributed by atoms with van der Waals surface area (Å²) in [6.07, 6.45) is 7.97. The standard InChI is InChI=1S/C9H18O/c1-3-4-5-6-7-9-8(2)10-9/h8-9H,3-7H2,1-2H3/t8-,9-/m1/s1. The van der Waals surface area contributed by atoms with Gasteiger partial charge in [-0.15, -0.1) is 0 Å². The third kappa shape index (κ3) is 2.70. The van der Waals surface area contributed by atoms with E-state index in [1.54, 1.807) is 0 Å². The molecule has 2 atom stereocenters. The molecule has 0 aliphatic carbocycles. The zero-order valence-electron chi connectivity index (χ0n) is 7.10. The summed E-state index contributed by atoms with van der Waals surface area (Å²) in [4.78, 5) is 0. The fourth-order valence-electron chi connectivity index (χ4n) is 1.31. The molecule has 0 aromatic carbocycles. The van der Waals surface area contributed by atoms with Crippen LogP contribution in [-0.2, 0) is 4.74 Å². The number of hydrogen-bond acceptors (Lipinski definition) is 1. The maximum absolute atomic E-state index is 5.30. The van der Waals surface area contributed by atoms with E-state index in [4.69, 9.17) is 4.74 Å². The van der Waals surface area contributed by atoms with Crippen molar-refractivity contribution in [1.82, 2.24) is 0 Å². The van der Waals surface area contributed by atoms with Crippen molar-refractivity contribution in [3.63, 3.8) is 0 Å². The Morgan fingerprint density at radius 3 is 2.40 bits per heavy atom. The first-order valence-corrected chi connectivity index (χ1v) is 4.50. The van der Waals surface area contributed by atoms with Gasteiger partial charge in [-0.05, 0) is 13.3 Å². The second-order valence-electron chi connectivity index (χ2n) is 3.23. The van der Waals surface area contributed by atoms with Gasteiger partial charge in [0.15, 0.2) is 0 Å². The lowest BCUT2D eigenvalue weighted by molar-refractivity contribution is 0.365. The summed E-state index contributed by atoms with van der Waals surface area (Å²) in [6.45, 7) is 4.40. The van der Waals surface area contributed by atoms with Crippen LogP contribution in [0.5, 0.6) is 0 Å². The first-order chi connectivity index (χ1) is 4.84. The van der Waals surface area contributed by atoms with Crippen LogP contribution >= 0.6 is 0 Å². The van der Waals surface area contributed by atoms with E-state index >= 15 is 0 Å². The van der Waals surface area contributed by atoms with E-state index in [1.165, 1.54) is 32.1 Å². The van der Waals surface area contributed by atoms with Crippen LogP contribution in [-0.4, -0.2) is 12.2 Å². The molecule has 0 aromatic heterocycles. The molecule has 0 radical (unpaired) electrons. The van der Waals surface area contributed by atoms with Gasteiger partial charge in [0.2, 0.25) is 0 Å². The predicted molar refractivity (Wildman–Crippen MR) is 43.1 cm³/mol. The first-order valence-electron chi connectivity index (χ1n) is 4.50. The maximum Gasteiger partial charge on any atom is 0.0839 e. The van der Waals surface area contributed by atoms with Crippen molar-refractivity contribution in [2.24, 2.45) is 0 Å². The SMILES string of the molecule is CCCCCC[C@H]1O[C@@H]1C. The Morgan fingerprint density at radius 1 is 1.20 bits per heavy atom. The smallest absolute Gasteiger partial charge is 0.0839 e. The van der Waals surface area contributed by atoms with E-state index in [9.17, 15) is 0 Å². The maximum atomic E-state index is 5.30. The molecule has 1 aliphatic heterocycles. The van der Waals surface area contributed by atoms with Crippen molar-refractivity contribution in [3.8, 4) is 0 Å². The molecule has 10 heavy (non-hydrogen) atoms. The molecular formula is C9H18O. The van der Waals surface area contributed by atoms with Gasteiger partial charge in [-0.3, -0.25) is 0 Å². The van der Waals surface area contributed by atoms with Crippen LogP contribution in [0.1, 0.15) is 46.0 Å². The number of rotatable bonds is 5. The third-order valence-corrected chi connectivity index (χ3v) is 2.18. The number of hydrogen-bond donors (Lipinski definition) is 0. The average Bonchev–Trinajstić information content (AvgIpc) is 2.60. The summed E-state index contributed by atoms with van der Waals surface area (Å²) in [5.74, 6) is 0. The number of epoxide rings is 1. The lowest BCUT2D eigenvalue weighted by Crippen LogP contribution is -1.88. The van der Waals surface area contributed by atoms with Crippen LogP contribution in [0.3, 0.4) is 0 Å². The van der Waals surface area contributed by atoms with Crippen molar-refractivity contribution in [2.75, 3.05) is 0 Å². The van der Waals surface area contributed by atoms with Gasteiger partial charge in [0.25, 0.3) is 0 Å². The summed E-state index contributed by atoms with van der Waals surface area (Å²) < 4.78 is 5.30. The minimum absolute atomic E-state index is 0.571. The molecule has 1 aliphatic rings. The minimum atomic E-state index is 0.571. The Bertz CT molecular complexity index is 90.7. The van der Waals surface area contributed by atoms with E-state index in [1.807, 2.05) is 0 Å². The van der Waals surface area contributed by atoms with Crippen molar-refractivity contribution in [3.05, 3.63) is 0 Å². The third-order valence-electron chi connectivity index (χ3n) is 2.18. The molecule has 1 saturated heterocycles. The highest BCUT2D eigenvalue weighted by Gasteiger charge is 2.32. The molecule has 1 nitrogen and oxygen atoms in total. The molecule has 0 amide bonds. The van der Waals surface area contributed by atoms with Gasteiger partial charge in [-0.25, -0.2) is 0 Å². The van der Waals surface area contributed by atoms with E-state index < -0.39 is 0 Å². The summed E-state index contributed by atoms with van der Waals surface area (Å²) in [5, 5.41) is 0. The van der Waals surface area contributed by atoms with Crippen molar-refractivity contribution >= 4 is 0 Å². The monoisotopic (exact) mass is 142 g/mol. The van der Waals surface area contributed by atoms with Crippen LogP contribution in [0.2, 0.25) is 0 Å². The summed E-state index contributed by atoms with van der Waals surface area (Å²) in [7, 11) is 0. The van der Waals surface area contributed by atoms with E-state index in [-0.39, 0.29) is 0 Å². The largest absolute Gasteiger partial charge is 0.370 e. The molecule has 60 valence electrons. The summed E-state index contributed by atoms with van der Waals surface area (Å²) in [6, 6.07) is 0. The fourth-order valence-corrected chi connectivity index (χ4v) is 1.31. The van der Waals surface area contributed by atoms with E-state index in [0.29, 0.717) is 12.2 Å². The van der Waals surface area contributed by atoms with Gasteiger partial charge in [0.05, 0.1) is 12.2 Å². The molecule has 0 N–H and O–H groups in total. The number of unbranched alkanes of at least 4 members (excludes halogenated alkanes) is 3. The summed E-state index contributed by atoms with van der Waals surface area (Å²) >= 11 is 0. The van der Waals surface area contributed by atoms with E-state index in [2.05, 4.69) is 13.8 Å². The van der Waals surface area contributed by atoms with Gasteiger partial charge in [0.1, 0.15) is 0 Å². The predicted octanol–water partition coefficient (Wildman–Crippen LogP) is 2.74. The normalized spacial score (nSPS) is 30.6. The highest BCUT2D eigenvalue weighted by atomic mass is 16.6. The minimum Gasteiger partial charge on any atom is -0.370 e. The van der Waals surface area contributed by atoms with Crippen LogP contribution < -0.4 is 0 Å². The lowest BCUT2D eigenvalue weighted by Gasteiger charge is -1.94. The molecule has 1 heterocycles. The molecule has 0 aromatic rings. The average molecular weight is 142 g/mol. The second-order valence-corrected chi connectivity index (χ2v) is 3.23. The lowest BCUT2D eigenvalue weighted by atomic mass is 10.1. The Labute approximate surface area is 63.8 Å². The molecule has 1 fully saturated rings. The topological polar surface area (TPSA) is 12.5 Å². The van der Waals surface area contributed by atoms with Crippen LogP contribution in [0.15, 0.2) is 0 Å². The van der Waals surface area contributed by atoms with E-state index in [0.717, 1.165) is 0 Å². The summed E-state index contributed by atoms with van der Waals surface area (Å²) in [5.41, 5.74) is 0. The van der Waals surface area contributed by atoms with Gasteiger partial charge in [0, 0.05) is 0 Å². The highest BCUT2D eigenvalue weighted by Crippen LogP contribution is 2.26. The second kappa shape index (κ2) is 3.97. The van der Waals surface area contributed by atoms with Gasteiger partial charge >= 0.3 is 0 Å². The zero-order valence-corrected chi connectivity index (χ0v) is 7.10. The molecule has 0 bridgehead atoms. The molecule has 1 heteroatoms. The van der Waals surface area contributed by atoms with Crippen molar-refractivity contribution < 1.29 is 4.74 Å². The Hall–Kier alpha value is -0.0400. The van der Waals surface area contributed by atoms with Crippen LogP contribution in [0.4, 0.5) is 0 Å². The van der Waals surface area contributed by atoms with Gasteiger partial charge < -0.3 is 4.74 Å². The molecule has 1 rings (SSSR count). The molecular weight excluding hydrogens is 124 g/mol. The molecule has 0 spiro atoms. The van der Waals surface area contributed by atoms with Crippen molar-refractivity contribution in [2.45, 2.75) is 58.2 Å². The first kappa shape index (κ1) is 8.06. The number of ether oxygens (including phenoxy) is 1. The molecule has 0 unspecified atom stereocenters. The highest BCUT2D eigenvalue weighted by molar-refractivity contribution is 4.79. The quantitative estimate of drug-likeness (QED) is 0.425. The fraction of sp³-hybridized carbons (Fsp3) is 1.00.